The van der Waals surface area contributed by atoms with E-state index in [0.29, 0.717) is 18.8 Å². The van der Waals surface area contributed by atoms with E-state index in [-0.39, 0.29) is 22.4 Å². The van der Waals surface area contributed by atoms with Crippen molar-refractivity contribution in [2.75, 3.05) is 20.2 Å². The van der Waals surface area contributed by atoms with Gasteiger partial charge >= 0.3 is 0 Å². The standard InChI is InChI=1S/C24H32N2O4S/c1-16-13-18(3)21(14-17(16)2)19(4)25-24(27)22-15-20(9-10-23(22)30-5)31(28,29)26-11-7-6-8-12-26/h9-10,13-15,19H,6-8,11-12H2,1-5H3,(H,25,27)/t19-/m0/s1. The van der Waals surface area contributed by atoms with E-state index in [0.717, 1.165) is 36.0 Å². The number of nitrogens with one attached hydrogen (secondary N) is 1. The molecule has 168 valence electrons. The highest BCUT2D eigenvalue weighted by Gasteiger charge is 2.28. The molecule has 6 nitrogen and oxygen atoms in total. The summed E-state index contributed by atoms with van der Waals surface area (Å²) in [5.74, 6) is -0.0169. The van der Waals surface area contributed by atoms with E-state index in [9.17, 15) is 13.2 Å². The molecule has 0 aliphatic carbocycles. The Bertz CT molecular complexity index is 1070. The number of rotatable bonds is 6. The van der Waals surface area contributed by atoms with Crippen LogP contribution in [0.5, 0.6) is 5.75 Å². The van der Waals surface area contributed by atoms with Gasteiger partial charge in [-0.3, -0.25) is 4.79 Å². The van der Waals surface area contributed by atoms with Crippen molar-refractivity contribution >= 4 is 15.9 Å². The first-order valence-corrected chi connectivity index (χ1v) is 12.2. The Morgan fingerprint density at radius 1 is 1.00 bits per heavy atom. The number of sulfonamides is 1. The average molecular weight is 445 g/mol. The van der Waals surface area contributed by atoms with E-state index in [1.54, 1.807) is 6.07 Å². The van der Waals surface area contributed by atoms with Crippen LogP contribution < -0.4 is 10.1 Å². The predicted octanol–water partition coefficient (Wildman–Crippen LogP) is 4.29. The van der Waals surface area contributed by atoms with Crippen LogP contribution in [-0.4, -0.2) is 38.8 Å². The largest absolute Gasteiger partial charge is 0.496 e. The Balaban J connectivity index is 1.90. The summed E-state index contributed by atoms with van der Waals surface area (Å²) in [6.45, 7) is 9.09. The molecule has 1 heterocycles. The fraction of sp³-hybridized carbons (Fsp3) is 0.458. The fourth-order valence-electron chi connectivity index (χ4n) is 4.08. The van der Waals surface area contributed by atoms with Crippen LogP contribution in [-0.2, 0) is 10.0 Å². The second-order valence-electron chi connectivity index (χ2n) is 8.32. The Morgan fingerprint density at radius 3 is 2.29 bits per heavy atom. The van der Waals surface area contributed by atoms with Crippen LogP contribution in [0.4, 0.5) is 0 Å². The zero-order valence-electron chi connectivity index (χ0n) is 19.0. The topological polar surface area (TPSA) is 75.7 Å². The summed E-state index contributed by atoms with van der Waals surface area (Å²) in [6, 6.07) is 8.45. The molecule has 7 heteroatoms. The highest BCUT2D eigenvalue weighted by molar-refractivity contribution is 7.89. The average Bonchev–Trinajstić information content (AvgIpc) is 2.76. The van der Waals surface area contributed by atoms with E-state index >= 15 is 0 Å². The molecule has 0 bridgehead atoms. The van der Waals surface area contributed by atoms with Crippen molar-refractivity contribution < 1.29 is 17.9 Å². The lowest BCUT2D eigenvalue weighted by molar-refractivity contribution is 0.0936. The number of hydrogen-bond donors (Lipinski definition) is 1. The second kappa shape index (κ2) is 9.40. The number of benzene rings is 2. The summed E-state index contributed by atoms with van der Waals surface area (Å²) in [4.78, 5) is 13.2. The summed E-state index contributed by atoms with van der Waals surface area (Å²) in [6.07, 6.45) is 2.75. The third kappa shape index (κ3) is 4.93. The molecule has 31 heavy (non-hydrogen) atoms. The normalized spacial score (nSPS) is 16.0. The third-order valence-corrected chi connectivity index (χ3v) is 7.96. The molecule has 0 saturated carbocycles. The van der Waals surface area contributed by atoms with Gasteiger partial charge in [-0.05, 0) is 81.0 Å². The number of piperidine rings is 1. The van der Waals surface area contributed by atoms with Gasteiger partial charge in [0.25, 0.3) is 5.91 Å². The molecule has 0 spiro atoms. The number of aryl methyl sites for hydroxylation is 3. The van der Waals surface area contributed by atoms with E-state index in [1.807, 2.05) is 20.8 Å². The molecule has 1 saturated heterocycles. The molecule has 0 radical (unpaired) electrons. The first kappa shape index (κ1) is 23.3. The number of methoxy groups -OCH3 is 1. The maximum Gasteiger partial charge on any atom is 0.255 e. The van der Waals surface area contributed by atoms with E-state index in [2.05, 4.69) is 24.4 Å². The molecule has 1 aliphatic heterocycles. The number of carbonyl (C=O) groups excluding carboxylic acids is 1. The molecular weight excluding hydrogens is 412 g/mol. The smallest absolute Gasteiger partial charge is 0.255 e. The summed E-state index contributed by atoms with van der Waals surface area (Å²) >= 11 is 0. The molecule has 1 N–H and O–H groups in total. The number of hydrogen-bond acceptors (Lipinski definition) is 4. The van der Waals surface area contributed by atoms with Crippen molar-refractivity contribution in [3.05, 3.63) is 58.1 Å². The molecule has 2 aromatic rings. The number of nitrogens with zero attached hydrogens (tertiary/aromatic N) is 1. The van der Waals surface area contributed by atoms with Crippen molar-refractivity contribution in [1.29, 1.82) is 0 Å². The lowest BCUT2D eigenvalue weighted by atomic mass is 9.96. The van der Waals surface area contributed by atoms with Gasteiger partial charge in [0.15, 0.2) is 0 Å². The Morgan fingerprint density at radius 2 is 1.65 bits per heavy atom. The molecule has 0 unspecified atom stereocenters. The number of ether oxygens (including phenoxy) is 1. The monoisotopic (exact) mass is 444 g/mol. The molecular formula is C24H32N2O4S. The predicted molar refractivity (Wildman–Crippen MR) is 122 cm³/mol. The molecule has 1 fully saturated rings. The minimum absolute atomic E-state index is 0.121. The van der Waals surface area contributed by atoms with Crippen LogP contribution in [0.15, 0.2) is 35.2 Å². The molecule has 3 rings (SSSR count). The van der Waals surface area contributed by atoms with Gasteiger partial charge in [0.05, 0.1) is 23.6 Å². The number of amides is 1. The first-order chi connectivity index (χ1) is 14.6. The Hall–Kier alpha value is -2.38. The van der Waals surface area contributed by atoms with Crippen molar-refractivity contribution in [3.63, 3.8) is 0 Å². The second-order valence-corrected chi connectivity index (χ2v) is 10.3. The van der Waals surface area contributed by atoms with Crippen LogP contribution >= 0.6 is 0 Å². The van der Waals surface area contributed by atoms with Gasteiger partial charge in [-0.1, -0.05) is 18.6 Å². The summed E-state index contributed by atoms with van der Waals surface area (Å²) in [7, 11) is -2.17. The number of carbonyl (C=O) groups is 1. The van der Waals surface area contributed by atoms with Gasteiger partial charge in [-0.15, -0.1) is 0 Å². The molecule has 2 aromatic carbocycles. The van der Waals surface area contributed by atoms with Crippen LogP contribution in [0.3, 0.4) is 0 Å². The molecule has 1 amide bonds. The SMILES string of the molecule is COc1ccc(S(=O)(=O)N2CCCCC2)cc1C(=O)N[C@@H](C)c1cc(C)c(C)cc1C. The summed E-state index contributed by atoms with van der Waals surface area (Å²) in [5, 5.41) is 3.01. The maximum absolute atomic E-state index is 13.1. The summed E-state index contributed by atoms with van der Waals surface area (Å²) < 4.78 is 33.0. The molecule has 0 aromatic heterocycles. The lowest BCUT2D eigenvalue weighted by Crippen LogP contribution is -2.35. The molecule has 1 atom stereocenters. The minimum Gasteiger partial charge on any atom is -0.496 e. The van der Waals surface area contributed by atoms with Crippen LogP contribution in [0.1, 0.15) is 64.8 Å². The van der Waals surface area contributed by atoms with E-state index in [1.165, 1.54) is 29.1 Å². The zero-order valence-corrected chi connectivity index (χ0v) is 19.8. The van der Waals surface area contributed by atoms with Gasteiger partial charge in [0.1, 0.15) is 5.75 Å². The van der Waals surface area contributed by atoms with Crippen molar-refractivity contribution in [2.24, 2.45) is 0 Å². The first-order valence-electron chi connectivity index (χ1n) is 10.7. The fourth-order valence-corrected chi connectivity index (χ4v) is 5.62. The zero-order chi connectivity index (χ0) is 22.8. The highest BCUT2D eigenvalue weighted by atomic mass is 32.2. The van der Waals surface area contributed by atoms with Gasteiger partial charge in [-0.2, -0.15) is 4.31 Å². The van der Waals surface area contributed by atoms with Gasteiger partial charge in [-0.25, -0.2) is 8.42 Å². The quantitative estimate of drug-likeness (QED) is 0.721. The van der Waals surface area contributed by atoms with Crippen molar-refractivity contribution in [3.8, 4) is 5.75 Å². The van der Waals surface area contributed by atoms with Crippen LogP contribution in [0, 0.1) is 20.8 Å². The van der Waals surface area contributed by atoms with Crippen molar-refractivity contribution in [1.82, 2.24) is 9.62 Å². The third-order valence-electron chi connectivity index (χ3n) is 6.06. The Kier molecular flexibility index (Phi) is 7.06. The Labute approximate surface area is 185 Å². The van der Waals surface area contributed by atoms with Crippen LogP contribution in [0.2, 0.25) is 0 Å². The highest BCUT2D eigenvalue weighted by Crippen LogP contribution is 2.28. The van der Waals surface area contributed by atoms with Crippen molar-refractivity contribution in [2.45, 2.75) is 57.9 Å². The minimum atomic E-state index is -3.64. The van der Waals surface area contributed by atoms with Gasteiger partial charge < -0.3 is 10.1 Å². The van der Waals surface area contributed by atoms with Gasteiger partial charge in [0.2, 0.25) is 10.0 Å². The maximum atomic E-state index is 13.1. The summed E-state index contributed by atoms with van der Waals surface area (Å²) in [5.41, 5.74) is 4.72. The molecule has 1 aliphatic rings. The van der Waals surface area contributed by atoms with E-state index in [4.69, 9.17) is 4.74 Å². The van der Waals surface area contributed by atoms with Gasteiger partial charge in [0, 0.05) is 13.1 Å². The van der Waals surface area contributed by atoms with Crippen LogP contribution in [0.25, 0.3) is 0 Å². The van der Waals surface area contributed by atoms with E-state index < -0.39 is 10.0 Å². The lowest BCUT2D eigenvalue weighted by Gasteiger charge is -2.26.